The Balaban J connectivity index is 2.14. The van der Waals surface area contributed by atoms with Gasteiger partial charge in [-0.1, -0.05) is 0 Å². The van der Waals surface area contributed by atoms with Crippen LogP contribution < -0.4 is 4.90 Å². The first-order valence-electron chi connectivity index (χ1n) is 4.53. The van der Waals surface area contributed by atoms with Crippen LogP contribution in [0, 0.1) is 0 Å². The lowest BCUT2D eigenvalue weighted by molar-refractivity contribution is 0.478. The van der Waals surface area contributed by atoms with E-state index in [4.69, 9.17) is 11.6 Å². The second kappa shape index (κ2) is 3.80. The summed E-state index contributed by atoms with van der Waals surface area (Å²) in [5, 5.41) is 0. The van der Waals surface area contributed by atoms with Gasteiger partial charge in [0.1, 0.15) is 0 Å². The van der Waals surface area contributed by atoms with Gasteiger partial charge >= 0.3 is 0 Å². The molecule has 3 nitrogen and oxygen atoms in total. The third-order valence-electron chi connectivity index (χ3n) is 2.45. The molecule has 0 spiro atoms. The van der Waals surface area contributed by atoms with Crippen molar-refractivity contribution in [3.63, 3.8) is 0 Å². The van der Waals surface area contributed by atoms with E-state index in [1.165, 1.54) is 30.8 Å². The summed E-state index contributed by atoms with van der Waals surface area (Å²) in [6.45, 7) is 3.28. The molecular weight excluding hydrogens is 206 g/mol. The first-order valence-corrected chi connectivity index (χ1v) is 5.68. The Morgan fingerprint density at radius 1 is 1.54 bits per heavy atom. The standard InChI is InChI=1S/C8H12ClN3S/c1-6-4-2-3-5-12(6)8-10-7(9)13-11-8/h6H,2-5H2,1H3. The Morgan fingerprint density at radius 3 is 3.00 bits per heavy atom. The van der Waals surface area contributed by atoms with Crippen LogP contribution in [0.4, 0.5) is 5.95 Å². The molecule has 1 saturated heterocycles. The summed E-state index contributed by atoms with van der Waals surface area (Å²) in [6.07, 6.45) is 3.79. The smallest absolute Gasteiger partial charge is 0.238 e. The van der Waals surface area contributed by atoms with Crippen LogP contribution in [0.15, 0.2) is 0 Å². The number of nitrogens with zero attached hydrogens (tertiary/aromatic N) is 3. The maximum atomic E-state index is 5.75. The molecule has 1 aromatic rings. The summed E-state index contributed by atoms with van der Waals surface area (Å²) in [7, 11) is 0. The Bertz CT molecular complexity index is 289. The van der Waals surface area contributed by atoms with E-state index in [0.29, 0.717) is 10.5 Å². The highest BCUT2D eigenvalue weighted by atomic mass is 35.5. The zero-order chi connectivity index (χ0) is 9.26. The number of halogens is 1. The van der Waals surface area contributed by atoms with Crippen molar-refractivity contribution in [2.45, 2.75) is 32.2 Å². The Labute approximate surface area is 86.9 Å². The molecule has 1 fully saturated rings. The van der Waals surface area contributed by atoms with Gasteiger partial charge in [-0.2, -0.15) is 9.36 Å². The van der Waals surface area contributed by atoms with Crippen LogP contribution in [0.2, 0.25) is 4.47 Å². The highest BCUT2D eigenvalue weighted by molar-refractivity contribution is 7.10. The predicted octanol–water partition coefficient (Wildman–Crippen LogP) is 2.57. The van der Waals surface area contributed by atoms with E-state index in [1.807, 2.05) is 0 Å². The van der Waals surface area contributed by atoms with Gasteiger partial charge in [0.2, 0.25) is 10.4 Å². The molecule has 0 radical (unpaired) electrons. The Hall–Kier alpha value is -0.350. The monoisotopic (exact) mass is 217 g/mol. The summed E-state index contributed by atoms with van der Waals surface area (Å²) in [5.74, 6) is 0.808. The third kappa shape index (κ3) is 1.94. The summed E-state index contributed by atoms with van der Waals surface area (Å²) in [5.41, 5.74) is 0. The normalized spacial score (nSPS) is 23.5. The minimum atomic E-state index is 0.535. The first kappa shape index (κ1) is 9.21. The molecule has 13 heavy (non-hydrogen) atoms. The quantitative estimate of drug-likeness (QED) is 0.724. The molecule has 1 aromatic heterocycles. The first-order chi connectivity index (χ1) is 6.27. The second-order valence-electron chi connectivity index (χ2n) is 3.39. The molecule has 0 saturated carbocycles. The Morgan fingerprint density at radius 2 is 2.38 bits per heavy atom. The molecule has 1 aliphatic heterocycles. The van der Waals surface area contributed by atoms with Gasteiger partial charge in [0, 0.05) is 24.1 Å². The summed E-state index contributed by atoms with van der Waals surface area (Å²) >= 11 is 7.01. The molecule has 0 bridgehead atoms. The number of hydrogen-bond donors (Lipinski definition) is 0. The predicted molar refractivity (Wildman–Crippen MR) is 55.6 cm³/mol. The van der Waals surface area contributed by atoms with Gasteiger partial charge in [-0.25, -0.2) is 0 Å². The maximum absolute atomic E-state index is 5.75. The summed E-state index contributed by atoms with van der Waals surface area (Å²) in [4.78, 5) is 6.43. The second-order valence-corrected chi connectivity index (χ2v) is 4.72. The van der Waals surface area contributed by atoms with E-state index >= 15 is 0 Å². The maximum Gasteiger partial charge on any atom is 0.238 e. The minimum Gasteiger partial charge on any atom is -0.337 e. The zero-order valence-corrected chi connectivity index (χ0v) is 9.11. The van der Waals surface area contributed by atoms with Gasteiger partial charge < -0.3 is 4.90 Å². The van der Waals surface area contributed by atoms with Gasteiger partial charge in [0.15, 0.2) is 0 Å². The highest BCUT2D eigenvalue weighted by Crippen LogP contribution is 2.24. The Kier molecular flexibility index (Phi) is 2.69. The molecule has 1 unspecified atom stereocenters. The summed E-state index contributed by atoms with van der Waals surface area (Å²) in [6, 6.07) is 0.555. The van der Waals surface area contributed by atoms with Crippen LogP contribution in [0.25, 0.3) is 0 Å². The molecule has 1 aliphatic rings. The van der Waals surface area contributed by atoms with E-state index in [-0.39, 0.29) is 0 Å². The van der Waals surface area contributed by atoms with Crippen molar-refractivity contribution in [3.05, 3.63) is 4.47 Å². The average molecular weight is 218 g/mol. The van der Waals surface area contributed by atoms with E-state index in [1.54, 1.807) is 0 Å². The molecule has 2 rings (SSSR count). The topological polar surface area (TPSA) is 29.0 Å². The van der Waals surface area contributed by atoms with Crippen LogP contribution in [0.1, 0.15) is 26.2 Å². The largest absolute Gasteiger partial charge is 0.337 e. The fraction of sp³-hybridized carbons (Fsp3) is 0.750. The molecule has 5 heteroatoms. The number of rotatable bonds is 1. The molecule has 0 amide bonds. The van der Waals surface area contributed by atoms with Crippen molar-refractivity contribution in [3.8, 4) is 0 Å². The van der Waals surface area contributed by atoms with Gasteiger partial charge in [-0.3, -0.25) is 0 Å². The van der Waals surface area contributed by atoms with Crippen molar-refractivity contribution >= 4 is 29.1 Å². The number of anilines is 1. The molecule has 1 atom stereocenters. The van der Waals surface area contributed by atoms with Gasteiger partial charge in [0.25, 0.3) is 0 Å². The fourth-order valence-corrected chi connectivity index (χ4v) is 2.31. The minimum absolute atomic E-state index is 0.535. The van der Waals surface area contributed by atoms with E-state index in [2.05, 4.69) is 21.2 Å². The van der Waals surface area contributed by atoms with E-state index < -0.39 is 0 Å². The molecule has 0 aliphatic carbocycles. The molecular formula is C8H12ClN3S. The van der Waals surface area contributed by atoms with E-state index in [9.17, 15) is 0 Å². The lowest BCUT2D eigenvalue weighted by Crippen LogP contribution is -2.38. The lowest BCUT2D eigenvalue weighted by atomic mass is 10.0. The molecule has 72 valence electrons. The van der Waals surface area contributed by atoms with Crippen LogP contribution in [0.3, 0.4) is 0 Å². The van der Waals surface area contributed by atoms with E-state index in [0.717, 1.165) is 12.5 Å². The molecule has 2 heterocycles. The highest BCUT2D eigenvalue weighted by Gasteiger charge is 2.21. The van der Waals surface area contributed by atoms with Crippen molar-refractivity contribution in [1.29, 1.82) is 0 Å². The number of piperidine rings is 1. The summed E-state index contributed by atoms with van der Waals surface area (Å²) < 4.78 is 4.75. The fourth-order valence-electron chi connectivity index (χ4n) is 1.71. The SMILES string of the molecule is CC1CCCCN1c1nsc(Cl)n1. The van der Waals surface area contributed by atoms with Crippen molar-refractivity contribution < 1.29 is 0 Å². The number of aromatic nitrogens is 2. The van der Waals surface area contributed by atoms with Gasteiger partial charge in [0.05, 0.1) is 0 Å². The van der Waals surface area contributed by atoms with Crippen LogP contribution >= 0.6 is 23.1 Å². The zero-order valence-electron chi connectivity index (χ0n) is 7.53. The van der Waals surface area contributed by atoms with Crippen LogP contribution in [-0.4, -0.2) is 21.9 Å². The van der Waals surface area contributed by atoms with Crippen molar-refractivity contribution in [1.82, 2.24) is 9.36 Å². The molecule has 0 N–H and O–H groups in total. The van der Waals surface area contributed by atoms with Crippen LogP contribution in [-0.2, 0) is 0 Å². The average Bonchev–Trinajstić information content (AvgIpc) is 2.53. The van der Waals surface area contributed by atoms with Gasteiger partial charge in [-0.05, 0) is 37.8 Å². The van der Waals surface area contributed by atoms with Crippen molar-refractivity contribution in [2.24, 2.45) is 0 Å². The van der Waals surface area contributed by atoms with Gasteiger partial charge in [-0.15, -0.1) is 0 Å². The number of hydrogen-bond acceptors (Lipinski definition) is 4. The third-order valence-corrected chi connectivity index (χ3v) is 3.24. The van der Waals surface area contributed by atoms with Crippen LogP contribution in [0.5, 0.6) is 0 Å². The molecule has 0 aromatic carbocycles. The van der Waals surface area contributed by atoms with Crippen molar-refractivity contribution in [2.75, 3.05) is 11.4 Å². The lowest BCUT2D eigenvalue weighted by Gasteiger charge is -2.32.